The van der Waals surface area contributed by atoms with Crippen LogP contribution in [0.4, 0.5) is 5.95 Å². The molecule has 0 spiro atoms. The molecule has 1 aromatic heterocycles. The first-order chi connectivity index (χ1) is 5.72. The van der Waals surface area contributed by atoms with Crippen LogP contribution in [0.5, 0.6) is 0 Å². The maximum atomic E-state index is 5.72. The molecule has 0 bridgehead atoms. The number of aromatic nitrogens is 2. The van der Waals surface area contributed by atoms with Crippen LogP contribution in [-0.2, 0) is 7.05 Å². The first-order valence-corrected chi connectivity index (χ1v) is 3.72. The summed E-state index contributed by atoms with van der Waals surface area (Å²) < 4.78 is 3.34. The first kappa shape index (κ1) is 6.97. The fraction of sp³-hybridized carbons (Fsp3) is 0.125. The van der Waals surface area contributed by atoms with Crippen LogP contribution in [0.1, 0.15) is 0 Å². The molecule has 4 N–H and O–H groups in total. The SMILES string of the molecule is C[n+]1c(N)n(N)c2ccccc21. The number of aryl methyl sites for hydroxylation is 1. The Hall–Kier alpha value is -1.71. The van der Waals surface area contributed by atoms with Gasteiger partial charge in [0, 0.05) is 0 Å². The molecule has 2 aromatic rings. The molecule has 62 valence electrons. The summed E-state index contributed by atoms with van der Waals surface area (Å²) in [5, 5.41) is 0. The largest absolute Gasteiger partial charge is 0.377 e. The quantitative estimate of drug-likeness (QED) is 0.416. The van der Waals surface area contributed by atoms with E-state index in [0.717, 1.165) is 11.0 Å². The van der Waals surface area contributed by atoms with Gasteiger partial charge in [0.05, 0.1) is 7.05 Å². The molecular formula is C8H11N4+. The Bertz CT molecular complexity index is 391. The van der Waals surface area contributed by atoms with E-state index in [1.165, 1.54) is 4.68 Å². The Morgan fingerprint density at radius 2 is 2.00 bits per heavy atom. The van der Waals surface area contributed by atoms with Gasteiger partial charge in [0.2, 0.25) is 0 Å². The van der Waals surface area contributed by atoms with Crippen LogP contribution < -0.4 is 16.1 Å². The number of benzene rings is 1. The van der Waals surface area contributed by atoms with E-state index < -0.39 is 0 Å². The van der Waals surface area contributed by atoms with E-state index in [1.807, 2.05) is 35.9 Å². The maximum Gasteiger partial charge on any atom is 0.377 e. The van der Waals surface area contributed by atoms with Gasteiger partial charge in [0.25, 0.3) is 0 Å². The second kappa shape index (κ2) is 2.14. The number of nitrogens with two attached hydrogens (primary N) is 2. The van der Waals surface area contributed by atoms with Crippen molar-refractivity contribution in [1.82, 2.24) is 4.68 Å². The van der Waals surface area contributed by atoms with Crippen LogP contribution in [0.3, 0.4) is 0 Å². The number of hydrogen-bond donors (Lipinski definition) is 2. The van der Waals surface area contributed by atoms with Gasteiger partial charge in [-0.05, 0) is 12.1 Å². The fourth-order valence-electron chi connectivity index (χ4n) is 1.36. The zero-order chi connectivity index (χ0) is 8.72. The van der Waals surface area contributed by atoms with E-state index in [0.29, 0.717) is 5.95 Å². The molecule has 0 amide bonds. The Morgan fingerprint density at radius 1 is 1.33 bits per heavy atom. The van der Waals surface area contributed by atoms with Crippen molar-refractivity contribution in [2.45, 2.75) is 0 Å². The zero-order valence-electron chi connectivity index (χ0n) is 6.86. The number of hydrogen-bond acceptors (Lipinski definition) is 2. The summed E-state index contributed by atoms with van der Waals surface area (Å²) >= 11 is 0. The Morgan fingerprint density at radius 3 is 2.67 bits per heavy atom. The molecule has 2 rings (SSSR count). The molecule has 0 fully saturated rings. The highest BCUT2D eigenvalue weighted by atomic mass is 15.4. The van der Waals surface area contributed by atoms with Gasteiger partial charge in [-0.1, -0.05) is 12.1 Å². The molecule has 0 aliphatic rings. The molecule has 0 atom stereocenters. The maximum absolute atomic E-state index is 5.72. The minimum absolute atomic E-state index is 0.552. The summed E-state index contributed by atoms with van der Waals surface area (Å²) in [6.45, 7) is 0. The molecule has 0 saturated carbocycles. The lowest BCUT2D eigenvalue weighted by Gasteiger charge is -1.86. The van der Waals surface area contributed by atoms with Gasteiger partial charge in [-0.25, -0.2) is 4.57 Å². The van der Waals surface area contributed by atoms with Crippen LogP contribution in [0.15, 0.2) is 24.3 Å². The highest BCUT2D eigenvalue weighted by Gasteiger charge is 2.14. The molecule has 1 heterocycles. The number of fused-ring (bicyclic) bond motifs is 1. The third-order valence-electron chi connectivity index (χ3n) is 2.09. The Balaban J connectivity index is 2.99. The van der Waals surface area contributed by atoms with Crippen molar-refractivity contribution < 1.29 is 4.57 Å². The number of nitrogens with zero attached hydrogens (tertiary/aromatic N) is 2. The second-order valence-corrected chi connectivity index (χ2v) is 2.78. The summed E-state index contributed by atoms with van der Waals surface area (Å²) in [6, 6.07) is 7.81. The van der Waals surface area contributed by atoms with Crippen LogP contribution in [0.25, 0.3) is 11.0 Å². The molecule has 1 aromatic carbocycles. The topological polar surface area (TPSA) is 60.8 Å². The second-order valence-electron chi connectivity index (χ2n) is 2.78. The lowest BCUT2D eigenvalue weighted by atomic mass is 10.3. The summed E-state index contributed by atoms with van der Waals surface area (Å²) in [6.07, 6.45) is 0. The van der Waals surface area contributed by atoms with Crippen LogP contribution in [0.2, 0.25) is 0 Å². The van der Waals surface area contributed by atoms with Crippen molar-refractivity contribution in [3.8, 4) is 0 Å². The molecule has 0 aliphatic heterocycles. The molecular weight excluding hydrogens is 152 g/mol. The summed E-state index contributed by atoms with van der Waals surface area (Å²) in [7, 11) is 1.89. The van der Waals surface area contributed by atoms with Gasteiger partial charge < -0.3 is 0 Å². The number of rotatable bonds is 0. The van der Waals surface area contributed by atoms with E-state index in [-0.39, 0.29) is 0 Å². The van der Waals surface area contributed by atoms with E-state index in [9.17, 15) is 0 Å². The molecule has 0 saturated heterocycles. The first-order valence-electron chi connectivity index (χ1n) is 3.72. The average Bonchev–Trinajstić information content (AvgIpc) is 2.33. The Labute approximate surface area is 70.0 Å². The summed E-state index contributed by atoms with van der Waals surface area (Å²) in [5.41, 5.74) is 7.70. The minimum atomic E-state index is 0.552. The van der Waals surface area contributed by atoms with Gasteiger partial charge in [-0.2, -0.15) is 0 Å². The molecule has 0 radical (unpaired) electrons. The molecule has 0 aliphatic carbocycles. The van der Waals surface area contributed by atoms with Crippen molar-refractivity contribution in [2.24, 2.45) is 7.05 Å². The van der Waals surface area contributed by atoms with Gasteiger partial charge in [0.1, 0.15) is 5.52 Å². The molecule has 4 nitrogen and oxygen atoms in total. The molecule has 4 heteroatoms. The van der Waals surface area contributed by atoms with Crippen LogP contribution >= 0.6 is 0 Å². The number of anilines is 1. The minimum Gasteiger partial charge on any atom is -0.289 e. The van der Waals surface area contributed by atoms with Crippen LogP contribution in [0, 0.1) is 0 Å². The summed E-state index contributed by atoms with van der Waals surface area (Å²) in [4.78, 5) is 0. The van der Waals surface area contributed by atoms with E-state index in [4.69, 9.17) is 11.6 Å². The van der Waals surface area contributed by atoms with E-state index >= 15 is 0 Å². The van der Waals surface area contributed by atoms with E-state index in [1.54, 1.807) is 0 Å². The summed E-state index contributed by atoms with van der Waals surface area (Å²) in [5.74, 6) is 6.26. The van der Waals surface area contributed by atoms with E-state index in [2.05, 4.69) is 0 Å². The number of imidazole rings is 1. The van der Waals surface area contributed by atoms with Crippen molar-refractivity contribution in [3.05, 3.63) is 24.3 Å². The highest BCUT2D eigenvalue weighted by Crippen LogP contribution is 2.10. The fourth-order valence-corrected chi connectivity index (χ4v) is 1.36. The van der Waals surface area contributed by atoms with Crippen molar-refractivity contribution in [3.63, 3.8) is 0 Å². The lowest BCUT2D eigenvalue weighted by molar-refractivity contribution is -0.630. The third-order valence-corrected chi connectivity index (χ3v) is 2.09. The number of para-hydroxylation sites is 2. The van der Waals surface area contributed by atoms with Gasteiger partial charge >= 0.3 is 5.95 Å². The van der Waals surface area contributed by atoms with Gasteiger partial charge in [-0.15, -0.1) is 4.68 Å². The van der Waals surface area contributed by atoms with Crippen molar-refractivity contribution in [2.75, 3.05) is 11.6 Å². The van der Waals surface area contributed by atoms with Crippen LogP contribution in [-0.4, -0.2) is 4.68 Å². The van der Waals surface area contributed by atoms with Crippen molar-refractivity contribution >= 4 is 17.0 Å². The number of nitrogen functional groups attached to an aromatic ring is 2. The van der Waals surface area contributed by atoms with Gasteiger partial charge in [-0.3, -0.25) is 11.6 Å². The zero-order valence-corrected chi connectivity index (χ0v) is 6.86. The average molecular weight is 163 g/mol. The smallest absolute Gasteiger partial charge is 0.289 e. The highest BCUT2D eigenvalue weighted by molar-refractivity contribution is 5.73. The molecule has 12 heavy (non-hydrogen) atoms. The standard InChI is InChI=1S/C8H10N4/c1-11-6-4-2-3-5-7(6)12(10)8(11)9/h2-5,9H,10H2,1H3/p+1. The monoisotopic (exact) mass is 163 g/mol. The lowest BCUT2D eigenvalue weighted by Crippen LogP contribution is -2.32. The third kappa shape index (κ3) is 0.689. The van der Waals surface area contributed by atoms with Crippen molar-refractivity contribution in [1.29, 1.82) is 0 Å². The predicted octanol–water partition coefficient (Wildman–Crippen LogP) is -0.238. The Kier molecular flexibility index (Phi) is 1.24. The normalized spacial score (nSPS) is 10.8. The molecule has 0 unspecified atom stereocenters. The van der Waals surface area contributed by atoms with Gasteiger partial charge in [0.15, 0.2) is 5.52 Å². The predicted molar refractivity (Wildman–Crippen MR) is 47.7 cm³/mol.